The summed E-state index contributed by atoms with van der Waals surface area (Å²) < 4.78 is 16.5. The van der Waals surface area contributed by atoms with Crippen LogP contribution in [0.15, 0.2) is 24.3 Å². The van der Waals surface area contributed by atoms with Gasteiger partial charge in [0.1, 0.15) is 11.9 Å². The summed E-state index contributed by atoms with van der Waals surface area (Å²) in [6.07, 6.45) is 4.24. The van der Waals surface area contributed by atoms with Gasteiger partial charge in [-0.25, -0.2) is 0 Å². The molecule has 1 atom stereocenters. The summed E-state index contributed by atoms with van der Waals surface area (Å²) >= 11 is 0. The van der Waals surface area contributed by atoms with Crippen molar-refractivity contribution in [2.24, 2.45) is 0 Å². The lowest BCUT2D eigenvalue weighted by atomic mass is 10.1. The lowest BCUT2D eigenvalue weighted by molar-refractivity contribution is -0.133. The Balaban J connectivity index is 1.47. The standard InChI is InChI=1S/C22H32N2O5/c1-27-15-11-21(25)23-13-9-19(10-14-23)29-18-7-5-17(6-8-18)22(26)24-12-3-4-20(16-24)28-2/h5-8,19-20H,3-4,9-16H2,1-2H3/t20-/m0/s1. The zero-order valence-corrected chi connectivity index (χ0v) is 17.5. The smallest absolute Gasteiger partial charge is 0.253 e. The predicted molar refractivity (Wildman–Crippen MR) is 109 cm³/mol. The van der Waals surface area contributed by atoms with E-state index < -0.39 is 0 Å². The highest BCUT2D eigenvalue weighted by molar-refractivity contribution is 5.94. The second-order valence-electron chi connectivity index (χ2n) is 7.72. The first-order valence-electron chi connectivity index (χ1n) is 10.5. The molecular weight excluding hydrogens is 372 g/mol. The average molecular weight is 405 g/mol. The minimum Gasteiger partial charge on any atom is -0.490 e. The van der Waals surface area contributed by atoms with Gasteiger partial charge < -0.3 is 24.0 Å². The molecule has 0 N–H and O–H groups in total. The van der Waals surface area contributed by atoms with Gasteiger partial charge >= 0.3 is 0 Å². The molecule has 1 aromatic carbocycles. The quantitative estimate of drug-likeness (QED) is 0.698. The number of hydrogen-bond donors (Lipinski definition) is 0. The third-order valence-corrected chi connectivity index (χ3v) is 5.72. The van der Waals surface area contributed by atoms with Crippen LogP contribution in [0.5, 0.6) is 5.75 Å². The summed E-state index contributed by atoms with van der Waals surface area (Å²) in [5.74, 6) is 0.946. The van der Waals surface area contributed by atoms with Gasteiger partial charge in [-0.2, -0.15) is 0 Å². The Morgan fingerprint density at radius 1 is 0.966 bits per heavy atom. The second kappa shape index (κ2) is 10.6. The molecule has 2 heterocycles. The number of nitrogens with zero attached hydrogens (tertiary/aromatic N) is 2. The topological polar surface area (TPSA) is 68.3 Å². The maximum absolute atomic E-state index is 12.7. The zero-order valence-electron chi connectivity index (χ0n) is 17.5. The Morgan fingerprint density at radius 3 is 2.34 bits per heavy atom. The number of carbonyl (C=O) groups excluding carboxylic acids is 2. The van der Waals surface area contributed by atoms with E-state index in [4.69, 9.17) is 14.2 Å². The maximum atomic E-state index is 12.7. The highest BCUT2D eigenvalue weighted by atomic mass is 16.5. The van der Waals surface area contributed by atoms with Crippen molar-refractivity contribution in [2.45, 2.75) is 44.3 Å². The van der Waals surface area contributed by atoms with Gasteiger partial charge in [-0.3, -0.25) is 9.59 Å². The summed E-state index contributed by atoms with van der Waals surface area (Å²) in [6, 6.07) is 7.39. The number of hydrogen-bond acceptors (Lipinski definition) is 5. The molecule has 7 nitrogen and oxygen atoms in total. The molecule has 2 aliphatic rings. The highest BCUT2D eigenvalue weighted by Gasteiger charge is 2.25. The number of amides is 2. The summed E-state index contributed by atoms with van der Waals surface area (Å²) in [4.78, 5) is 28.5. The van der Waals surface area contributed by atoms with Gasteiger partial charge in [0, 0.05) is 58.8 Å². The normalized spacial score (nSPS) is 20.6. The first kappa shape index (κ1) is 21.6. The minimum atomic E-state index is 0.0428. The van der Waals surface area contributed by atoms with Crippen LogP contribution in [-0.4, -0.2) is 80.8 Å². The van der Waals surface area contributed by atoms with Crippen LogP contribution in [0.25, 0.3) is 0 Å². The molecular formula is C22H32N2O5. The van der Waals surface area contributed by atoms with Crippen molar-refractivity contribution in [2.75, 3.05) is 47.0 Å². The molecule has 0 aromatic heterocycles. The molecule has 2 saturated heterocycles. The van der Waals surface area contributed by atoms with E-state index in [1.54, 1.807) is 14.2 Å². The molecule has 2 amide bonds. The third kappa shape index (κ3) is 5.93. The van der Waals surface area contributed by atoms with E-state index in [1.165, 1.54) is 0 Å². The van der Waals surface area contributed by atoms with E-state index in [2.05, 4.69) is 0 Å². The van der Waals surface area contributed by atoms with Crippen LogP contribution in [0.1, 0.15) is 42.5 Å². The van der Waals surface area contributed by atoms with E-state index in [9.17, 15) is 9.59 Å². The highest BCUT2D eigenvalue weighted by Crippen LogP contribution is 2.22. The molecule has 0 radical (unpaired) electrons. The number of benzene rings is 1. The van der Waals surface area contributed by atoms with E-state index in [-0.39, 0.29) is 24.0 Å². The summed E-state index contributed by atoms with van der Waals surface area (Å²) in [5, 5.41) is 0. The van der Waals surface area contributed by atoms with Crippen molar-refractivity contribution in [1.29, 1.82) is 0 Å². The van der Waals surface area contributed by atoms with Crippen LogP contribution in [0.3, 0.4) is 0 Å². The van der Waals surface area contributed by atoms with E-state index >= 15 is 0 Å². The van der Waals surface area contributed by atoms with Crippen molar-refractivity contribution < 1.29 is 23.8 Å². The number of likely N-dealkylation sites (tertiary alicyclic amines) is 2. The lowest BCUT2D eigenvalue weighted by Crippen LogP contribution is -2.42. The number of piperidine rings is 2. The van der Waals surface area contributed by atoms with Crippen LogP contribution in [-0.2, 0) is 14.3 Å². The van der Waals surface area contributed by atoms with Gasteiger partial charge in [-0.15, -0.1) is 0 Å². The van der Waals surface area contributed by atoms with Gasteiger partial charge in [0.2, 0.25) is 5.91 Å². The lowest BCUT2D eigenvalue weighted by Gasteiger charge is -2.32. The SMILES string of the molecule is COCCC(=O)N1CCC(Oc2ccc(C(=O)N3CCC[C@H](OC)C3)cc2)CC1. The minimum absolute atomic E-state index is 0.0428. The molecule has 3 rings (SSSR count). The summed E-state index contributed by atoms with van der Waals surface area (Å²) in [7, 11) is 3.31. The van der Waals surface area contributed by atoms with Crippen LogP contribution in [0.4, 0.5) is 0 Å². The van der Waals surface area contributed by atoms with E-state index in [1.807, 2.05) is 34.1 Å². The molecule has 0 aliphatic carbocycles. The van der Waals surface area contributed by atoms with Crippen LogP contribution in [0, 0.1) is 0 Å². The molecule has 160 valence electrons. The van der Waals surface area contributed by atoms with Crippen molar-refractivity contribution >= 4 is 11.8 Å². The molecule has 2 aliphatic heterocycles. The molecule has 0 saturated carbocycles. The van der Waals surface area contributed by atoms with Gasteiger partial charge in [-0.1, -0.05) is 0 Å². The van der Waals surface area contributed by atoms with Gasteiger partial charge in [0.05, 0.1) is 19.1 Å². The second-order valence-corrected chi connectivity index (χ2v) is 7.72. The largest absolute Gasteiger partial charge is 0.490 e. The third-order valence-electron chi connectivity index (χ3n) is 5.72. The Labute approximate surface area is 172 Å². The van der Waals surface area contributed by atoms with Gasteiger partial charge in [0.15, 0.2) is 0 Å². The molecule has 0 bridgehead atoms. The van der Waals surface area contributed by atoms with Crippen LogP contribution < -0.4 is 4.74 Å². The van der Waals surface area contributed by atoms with Gasteiger partial charge in [-0.05, 0) is 37.1 Å². The predicted octanol–water partition coefficient (Wildman–Crippen LogP) is 2.34. The first-order chi connectivity index (χ1) is 14.1. The summed E-state index contributed by atoms with van der Waals surface area (Å²) in [5.41, 5.74) is 0.674. The molecule has 29 heavy (non-hydrogen) atoms. The van der Waals surface area contributed by atoms with E-state index in [0.29, 0.717) is 38.2 Å². The first-order valence-corrected chi connectivity index (χ1v) is 10.5. The fraction of sp³-hybridized carbons (Fsp3) is 0.636. The fourth-order valence-corrected chi connectivity index (χ4v) is 3.94. The van der Waals surface area contributed by atoms with E-state index in [0.717, 1.165) is 38.0 Å². The molecule has 2 fully saturated rings. The monoisotopic (exact) mass is 404 g/mol. The number of carbonyl (C=O) groups is 2. The number of rotatable bonds is 7. The molecule has 1 aromatic rings. The maximum Gasteiger partial charge on any atom is 0.253 e. The molecule has 0 spiro atoms. The Morgan fingerprint density at radius 2 is 1.69 bits per heavy atom. The van der Waals surface area contributed by atoms with Crippen molar-refractivity contribution in [3.8, 4) is 5.75 Å². The Kier molecular flexibility index (Phi) is 7.89. The van der Waals surface area contributed by atoms with Crippen molar-refractivity contribution in [3.63, 3.8) is 0 Å². The fourth-order valence-electron chi connectivity index (χ4n) is 3.94. The van der Waals surface area contributed by atoms with Gasteiger partial charge in [0.25, 0.3) is 5.91 Å². The average Bonchev–Trinajstić information content (AvgIpc) is 2.78. The zero-order chi connectivity index (χ0) is 20.6. The Bertz CT molecular complexity index is 670. The Hall–Kier alpha value is -2.12. The summed E-state index contributed by atoms with van der Waals surface area (Å²) in [6.45, 7) is 3.30. The van der Waals surface area contributed by atoms with Crippen molar-refractivity contribution in [1.82, 2.24) is 9.80 Å². The van der Waals surface area contributed by atoms with Crippen molar-refractivity contribution in [3.05, 3.63) is 29.8 Å². The molecule has 0 unspecified atom stereocenters. The molecule has 7 heteroatoms. The van der Waals surface area contributed by atoms with Crippen LogP contribution in [0.2, 0.25) is 0 Å². The number of methoxy groups -OCH3 is 2. The van der Waals surface area contributed by atoms with Crippen LogP contribution >= 0.6 is 0 Å². The number of ether oxygens (including phenoxy) is 3.